The molecule has 0 aliphatic rings. The molecule has 2 aromatic rings. The summed E-state index contributed by atoms with van der Waals surface area (Å²) in [6, 6.07) is 11.6. The van der Waals surface area contributed by atoms with Crippen LogP contribution in [0.25, 0.3) is 0 Å². The van der Waals surface area contributed by atoms with E-state index in [-0.39, 0.29) is 0 Å². The fourth-order valence-corrected chi connectivity index (χ4v) is 2.32. The van der Waals surface area contributed by atoms with Crippen LogP contribution in [0.5, 0.6) is 11.5 Å². The Labute approximate surface area is 135 Å². The fourth-order valence-electron chi connectivity index (χ4n) is 2.02. The van der Waals surface area contributed by atoms with Gasteiger partial charge in [0.2, 0.25) is 0 Å². The molecule has 2 rings (SSSR count). The van der Waals surface area contributed by atoms with Crippen molar-refractivity contribution in [2.45, 2.75) is 13.8 Å². The third-order valence-corrected chi connectivity index (χ3v) is 3.24. The number of hydrazone groups is 1. The number of ether oxygens (including phenoxy) is 2. The lowest BCUT2D eigenvalue weighted by Gasteiger charge is -2.11. The highest BCUT2D eigenvalue weighted by atomic mass is 35.5. The second kappa shape index (κ2) is 7.71. The number of nitrogens with one attached hydrogen (secondary N) is 1. The largest absolute Gasteiger partial charge is 0.491 e. The van der Waals surface area contributed by atoms with Crippen LogP contribution in [-0.4, -0.2) is 19.9 Å². The van der Waals surface area contributed by atoms with Crippen molar-refractivity contribution >= 4 is 23.5 Å². The third-order valence-electron chi connectivity index (χ3n) is 2.96. The zero-order chi connectivity index (χ0) is 15.9. The number of aryl methyl sites for hydroxylation is 1. The molecule has 0 bridgehead atoms. The maximum Gasteiger partial charge on any atom is 0.179 e. The van der Waals surface area contributed by atoms with Crippen LogP contribution in [0.15, 0.2) is 41.5 Å². The lowest BCUT2D eigenvalue weighted by atomic mass is 10.2. The number of methoxy groups -OCH3 is 1. The fraction of sp³-hybridized carbons (Fsp3) is 0.235. The summed E-state index contributed by atoms with van der Waals surface area (Å²) in [5, 5.41) is 4.71. The number of hydrogen-bond donors (Lipinski definition) is 1. The van der Waals surface area contributed by atoms with Crippen LogP contribution in [0.4, 0.5) is 5.69 Å². The minimum Gasteiger partial charge on any atom is -0.491 e. The molecule has 0 amide bonds. The van der Waals surface area contributed by atoms with Crippen LogP contribution in [0.3, 0.4) is 0 Å². The predicted molar refractivity (Wildman–Crippen MR) is 91.6 cm³/mol. The third kappa shape index (κ3) is 4.15. The Hall–Kier alpha value is -2.20. The topological polar surface area (TPSA) is 42.8 Å². The molecule has 0 unspecified atom stereocenters. The molecule has 4 nitrogen and oxygen atoms in total. The van der Waals surface area contributed by atoms with Gasteiger partial charge in [0.05, 0.1) is 30.6 Å². The Balaban J connectivity index is 2.16. The number of nitrogens with zero attached hydrogens (tertiary/aromatic N) is 1. The van der Waals surface area contributed by atoms with E-state index in [4.69, 9.17) is 21.1 Å². The Bertz CT molecular complexity index is 672. The van der Waals surface area contributed by atoms with Gasteiger partial charge in [-0.3, -0.25) is 5.43 Å². The van der Waals surface area contributed by atoms with Crippen LogP contribution >= 0.6 is 11.6 Å². The molecular formula is C17H19ClN2O2. The molecule has 0 saturated carbocycles. The second-order valence-corrected chi connectivity index (χ2v) is 5.11. The van der Waals surface area contributed by atoms with E-state index in [0.29, 0.717) is 23.1 Å². The molecule has 2 aromatic carbocycles. The van der Waals surface area contributed by atoms with Gasteiger partial charge in [-0.25, -0.2) is 0 Å². The molecule has 0 atom stereocenters. The van der Waals surface area contributed by atoms with Gasteiger partial charge in [-0.2, -0.15) is 5.10 Å². The van der Waals surface area contributed by atoms with Crippen LogP contribution in [0.2, 0.25) is 5.02 Å². The summed E-state index contributed by atoms with van der Waals surface area (Å²) in [4.78, 5) is 0. The van der Waals surface area contributed by atoms with Gasteiger partial charge in [-0.15, -0.1) is 0 Å². The molecule has 0 radical (unpaired) electrons. The molecule has 5 heteroatoms. The van der Waals surface area contributed by atoms with Crippen molar-refractivity contribution in [3.05, 3.63) is 52.5 Å². The van der Waals surface area contributed by atoms with Gasteiger partial charge in [0.25, 0.3) is 0 Å². The molecular weight excluding hydrogens is 300 g/mol. The van der Waals surface area contributed by atoms with E-state index in [1.165, 1.54) is 5.56 Å². The molecule has 22 heavy (non-hydrogen) atoms. The molecule has 0 aromatic heterocycles. The van der Waals surface area contributed by atoms with Crippen molar-refractivity contribution in [2.24, 2.45) is 5.10 Å². The zero-order valence-electron chi connectivity index (χ0n) is 12.9. The smallest absolute Gasteiger partial charge is 0.179 e. The summed E-state index contributed by atoms with van der Waals surface area (Å²) in [5.41, 5.74) is 5.92. The van der Waals surface area contributed by atoms with E-state index in [9.17, 15) is 0 Å². The lowest BCUT2D eigenvalue weighted by Crippen LogP contribution is -1.98. The van der Waals surface area contributed by atoms with Crippen molar-refractivity contribution in [3.63, 3.8) is 0 Å². The molecule has 0 fully saturated rings. The van der Waals surface area contributed by atoms with Crippen LogP contribution in [0, 0.1) is 6.92 Å². The Morgan fingerprint density at radius 3 is 2.77 bits per heavy atom. The number of rotatable bonds is 6. The van der Waals surface area contributed by atoms with E-state index < -0.39 is 0 Å². The Morgan fingerprint density at radius 2 is 2.09 bits per heavy atom. The first kappa shape index (κ1) is 16.2. The number of anilines is 1. The van der Waals surface area contributed by atoms with Gasteiger partial charge in [0.1, 0.15) is 0 Å². The van der Waals surface area contributed by atoms with E-state index in [1.54, 1.807) is 19.4 Å². The molecule has 0 heterocycles. The minimum atomic E-state index is 0.491. The highest BCUT2D eigenvalue weighted by Crippen LogP contribution is 2.35. The molecule has 1 N–H and O–H groups in total. The first-order valence-electron chi connectivity index (χ1n) is 7.00. The van der Waals surface area contributed by atoms with E-state index >= 15 is 0 Å². The zero-order valence-corrected chi connectivity index (χ0v) is 13.6. The molecule has 0 aliphatic carbocycles. The van der Waals surface area contributed by atoms with Crippen molar-refractivity contribution in [2.75, 3.05) is 19.1 Å². The van der Waals surface area contributed by atoms with Crippen molar-refractivity contribution in [1.82, 2.24) is 0 Å². The molecule has 0 saturated heterocycles. The summed E-state index contributed by atoms with van der Waals surface area (Å²) < 4.78 is 10.8. The summed E-state index contributed by atoms with van der Waals surface area (Å²) in [5.74, 6) is 1.14. The van der Waals surface area contributed by atoms with Gasteiger partial charge in [-0.05, 0) is 49.2 Å². The molecule has 0 spiro atoms. The van der Waals surface area contributed by atoms with Gasteiger partial charge in [0, 0.05) is 0 Å². The lowest BCUT2D eigenvalue weighted by molar-refractivity contribution is 0.311. The maximum absolute atomic E-state index is 6.20. The first-order valence-corrected chi connectivity index (χ1v) is 7.38. The van der Waals surface area contributed by atoms with E-state index in [0.717, 1.165) is 11.3 Å². The Morgan fingerprint density at radius 1 is 1.27 bits per heavy atom. The van der Waals surface area contributed by atoms with Gasteiger partial charge in [-0.1, -0.05) is 23.7 Å². The van der Waals surface area contributed by atoms with Crippen LogP contribution in [0.1, 0.15) is 18.1 Å². The first-order chi connectivity index (χ1) is 10.6. The second-order valence-electron chi connectivity index (χ2n) is 4.71. The molecule has 0 aliphatic heterocycles. The van der Waals surface area contributed by atoms with Gasteiger partial charge < -0.3 is 9.47 Å². The summed E-state index contributed by atoms with van der Waals surface area (Å²) in [6.45, 7) is 4.48. The number of benzene rings is 2. The van der Waals surface area contributed by atoms with E-state index in [1.807, 2.05) is 44.2 Å². The average molecular weight is 319 g/mol. The van der Waals surface area contributed by atoms with Crippen molar-refractivity contribution < 1.29 is 9.47 Å². The summed E-state index contributed by atoms with van der Waals surface area (Å²) in [7, 11) is 1.57. The quantitative estimate of drug-likeness (QED) is 0.630. The average Bonchev–Trinajstić information content (AvgIpc) is 2.47. The normalized spacial score (nSPS) is 10.7. The summed E-state index contributed by atoms with van der Waals surface area (Å²) >= 11 is 6.20. The van der Waals surface area contributed by atoms with Crippen molar-refractivity contribution in [1.29, 1.82) is 0 Å². The van der Waals surface area contributed by atoms with E-state index in [2.05, 4.69) is 10.5 Å². The van der Waals surface area contributed by atoms with Crippen LogP contribution in [-0.2, 0) is 0 Å². The minimum absolute atomic E-state index is 0.491. The SMILES string of the molecule is CCOc1cc(/C=N\Nc2cccc(C)c2)cc(Cl)c1OC. The number of hydrogen-bond acceptors (Lipinski definition) is 4. The van der Waals surface area contributed by atoms with Gasteiger partial charge in [0.15, 0.2) is 11.5 Å². The van der Waals surface area contributed by atoms with Crippen LogP contribution < -0.4 is 14.9 Å². The van der Waals surface area contributed by atoms with Gasteiger partial charge >= 0.3 is 0 Å². The maximum atomic E-state index is 6.20. The molecule has 116 valence electrons. The number of halogens is 1. The monoisotopic (exact) mass is 318 g/mol. The Kier molecular flexibility index (Phi) is 5.67. The highest BCUT2D eigenvalue weighted by Gasteiger charge is 2.10. The van der Waals surface area contributed by atoms with Crippen molar-refractivity contribution in [3.8, 4) is 11.5 Å². The highest BCUT2D eigenvalue weighted by molar-refractivity contribution is 6.32. The predicted octanol–water partition coefficient (Wildman–Crippen LogP) is 4.50. The standard InChI is InChI=1S/C17H19ClN2O2/c1-4-22-16-10-13(9-15(18)17(16)21-3)11-19-20-14-7-5-6-12(2)8-14/h5-11,20H,4H2,1-3H3/b19-11-. The summed E-state index contributed by atoms with van der Waals surface area (Å²) in [6.07, 6.45) is 1.69.